The summed E-state index contributed by atoms with van der Waals surface area (Å²) in [5.74, 6) is 0.578. The van der Waals surface area contributed by atoms with Gasteiger partial charge >= 0.3 is 0 Å². The van der Waals surface area contributed by atoms with Crippen LogP contribution in [0.1, 0.15) is 12.0 Å². The molecule has 18 heavy (non-hydrogen) atoms. The standard InChI is InChI=1S/C13H18N2O3/c1-16-5-2-6-17-7-8-18-13-4-3-11(10-14)9-12(13)15/h3-4,9H,2,5-8,15H2,1H3. The first-order chi connectivity index (χ1) is 8.77. The van der Waals surface area contributed by atoms with E-state index in [1.807, 2.05) is 6.07 Å². The first-order valence-electron chi connectivity index (χ1n) is 5.77. The lowest BCUT2D eigenvalue weighted by molar-refractivity contribution is 0.0808. The Morgan fingerprint density at radius 1 is 1.22 bits per heavy atom. The molecule has 0 unspecified atom stereocenters. The minimum atomic E-state index is 0.434. The molecule has 2 N–H and O–H groups in total. The molecule has 98 valence electrons. The van der Waals surface area contributed by atoms with E-state index in [4.69, 9.17) is 25.2 Å². The summed E-state index contributed by atoms with van der Waals surface area (Å²) in [6.45, 7) is 2.29. The maximum absolute atomic E-state index is 8.69. The molecular formula is C13H18N2O3. The van der Waals surface area contributed by atoms with Crippen molar-refractivity contribution in [2.75, 3.05) is 39.3 Å². The van der Waals surface area contributed by atoms with Crippen LogP contribution in [0.3, 0.4) is 0 Å². The molecule has 1 aromatic rings. The lowest BCUT2D eigenvalue weighted by Crippen LogP contribution is -2.09. The highest BCUT2D eigenvalue weighted by atomic mass is 16.5. The Morgan fingerprint density at radius 3 is 2.72 bits per heavy atom. The zero-order chi connectivity index (χ0) is 13.2. The summed E-state index contributed by atoms with van der Waals surface area (Å²) in [6.07, 6.45) is 0.871. The minimum absolute atomic E-state index is 0.434. The molecular weight excluding hydrogens is 232 g/mol. The van der Waals surface area contributed by atoms with Gasteiger partial charge in [-0.1, -0.05) is 0 Å². The average molecular weight is 250 g/mol. The topological polar surface area (TPSA) is 77.5 Å². The molecule has 0 heterocycles. The van der Waals surface area contributed by atoms with Crippen molar-refractivity contribution in [3.63, 3.8) is 0 Å². The van der Waals surface area contributed by atoms with E-state index in [1.165, 1.54) is 0 Å². The number of rotatable bonds is 8. The van der Waals surface area contributed by atoms with E-state index in [0.29, 0.717) is 43.4 Å². The van der Waals surface area contributed by atoms with Crippen LogP contribution >= 0.6 is 0 Å². The number of hydrogen-bond donors (Lipinski definition) is 1. The number of nitrogens with two attached hydrogens (primary N) is 1. The van der Waals surface area contributed by atoms with E-state index in [2.05, 4.69) is 0 Å². The minimum Gasteiger partial charge on any atom is -0.489 e. The van der Waals surface area contributed by atoms with Crippen molar-refractivity contribution < 1.29 is 14.2 Å². The van der Waals surface area contributed by atoms with Crippen LogP contribution in [-0.4, -0.2) is 33.5 Å². The normalized spacial score (nSPS) is 10.0. The Labute approximate surface area is 107 Å². The summed E-state index contributed by atoms with van der Waals surface area (Å²) in [5.41, 5.74) is 6.73. The molecule has 0 atom stereocenters. The maximum atomic E-state index is 8.69. The van der Waals surface area contributed by atoms with Gasteiger partial charge in [-0.05, 0) is 24.6 Å². The third-order valence-corrected chi connectivity index (χ3v) is 2.26. The van der Waals surface area contributed by atoms with Crippen LogP contribution in [0.15, 0.2) is 18.2 Å². The van der Waals surface area contributed by atoms with Crippen LogP contribution in [-0.2, 0) is 9.47 Å². The fraction of sp³-hybridized carbons (Fsp3) is 0.462. The number of ether oxygens (including phenoxy) is 3. The quantitative estimate of drug-likeness (QED) is 0.559. The van der Waals surface area contributed by atoms with Crippen LogP contribution in [0.2, 0.25) is 0 Å². The Hall–Kier alpha value is -1.77. The van der Waals surface area contributed by atoms with Gasteiger partial charge in [-0.15, -0.1) is 0 Å². The molecule has 0 spiro atoms. The number of anilines is 1. The zero-order valence-electron chi connectivity index (χ0n) is 10.5. The second-order valence-electron chi connectivity index (χ2n) is 3.67. The van der Waals surface area contributed by atoms with E-state index in [9.17, 15) is 0 Å². The summed E-state index contributed by atoms with van der Waals surface area (Å²) in [4.78, 5) is 0. The summed E-state index contributed by atoms with van der Waals surface area (Å²) >= 11 is 0. The van der Waals surface area contributed by atoms with Crippen molar-refractivity contribution in [2.24, 2.45) is 0 Å². The molecule has 0 aliphatic heterocycles. The zero-order valence-corrected chi connectivity index (χ0v) is 10.5. The second-order valence-corrected chi connectivity index (χ2v) is 3.67. The molecule has 0 aliphatic carbocycles. The SMILES string of the molecule is COCCCOCCOc1ccc(C#N)cc1N. The highest BCUT2D eigenvalue weighted by Crippen LogP contribution is 2.21. The predicted molar refractivity (Wildman–Crippen MR) is 68.4 cm³/mol. The number of nitrogens with zero attached hydrogens (tertiary/aromatic N) is 1. The average Bonchev–Trinajstić information content (AvgIpc) is 2.39. The van der Waals surface area contributed by atoms with Gasteiger partial charge in [-0.25, -0.2) is 0 Å². The fourth-order valence-corrected chi connectivity index (χ4v) is 1.37. The molecule has 0 bridgehead atoms. The van der Waals surface area contributed by atoms with Crippen LogP contribution in [0, 0.1) is 11.3 Å². The highest BCUT2D eigenvalue weighted by Gasteiger charge is 2.01. The van der Waals surface area contributed by atoms with Crippen LogP contribution in [0.4, 0.5) is 5.69 Å². The van der Waals surface area contributed by atoms with Crippen molar-refractivity contribution in [3.05, 3.63) is 23.8 Å². The molecule has 0 aromatic heterocycles. The Morgan fingerprint density at radius 2 is 2.06 bits per heavy atom. The summed E-state index contributed by atoms with van der Waals surface area (Å²) in [6, 6.07) is 6.98. The second kappa shape index (κ2) is 8.34. The summed E-state index contributed by atoms with van der Waals surface area (Å²) < 4.78 is 15.7. The van der Waals surface area contributed by atoms with E-state index in [1.54, 1.807) is 25.3 Å². The van der Waals surface area contributed by atoms with E-state index < -0.39 is 0 Å². The number of benzene rings is 1. The van der Waals surface area contributed by atoms with Gasteiger partial charge in [0.05, 0.1) is 23.9 Å². The van der Waals surface area contributed by atoms with Crippen molar-refractivity contribution in [2.45, 2.75) is 6.42 Å². The Balaban J connectivity index is 2.21. The maximum Gasteiger partial charge on any atom is 0.142 e. The number of methoxy groups -OCH3 is 1. The van der Waals surface area contributed by atoms with Crippen molar-refractivity contribution in [1.82, 2.24) is 0 Å². The number of nitriles is 1. The van der Waals surface area contributed by atoms with Gasteiger partial charge in [-0.3, -0.25) is 0 Å². The third-order valence-electron chi connectivity index (χ3n) is 2.26. The fourth-order valence-electron chi connectivity index (χ4n) is 1.37. The van der Waals surface area contributed by atoms with Gasteiger partial charge in [0, 0.05) is 20.3 Å². The monoisotopic (exact) mass is 250 g/mol. The van der Waals surface area contributed by atoms with Gasteiger partial charge in [0.15, 0.2) is 0 Å². The lowest BCUT2D eigenvalue weighted by atomic mass is 10.2. The molecule has 0 aliphatic rings. The van der Waals surface area contributed by atoms with Gasteiger partial charge in [-0.2, -0.15) is 5.26 Å². The van der Waals surface area contributed by atoms with Gasteiger partial charge in [0.1, 0.15) is 12.4 Å². The Kier molecular flexibility index (Phi) is 6.62. The van der Waals surface area contributed by atoms with Gasteiger partial charge < -0.3 is 19.9 Å². The molecule has 5 heteroatoms. The summed E-state index contributed by atoms with van der Waals surface area (Å²) in [5, 5.41) is 8.69. The highest BCUT2D eigenvalue weighted by molar-refractivity contribution is 5.56. The van der Waals surface area contributed by atoms with Crippen molar-refractivity contribution >= 4 is 5.69 Å². The molecule has 0 radical (unpaired) electrons. The van der Waals surface area contributed by atoms with Crippen LogP contribution < -0.4 is 10.5 Å². The summed E-state index contributed by atoms with van der Waals surface area (Å²) in [7, 11) is 1.66. The number of nitrogen functional groups attached to an aromatic ring is 1. The smallest absolute Gasteiger partial charge is 0.142 e. The molecule has 0 saturated heterocycles. The third kappa shape index (κ3) is 5.04. The molecule has 1 rings (SSSR count). The first kappa shape index (κ1) is 14.3. The van der Waals surface area contributed by atoms with Gasteiger partial charge in [0.25, 0.3) is 0 Å². The molecule has 0 fully saturated rings. The van der Waals surface area contributed by atoms with Crippen molar-refractivity contribution in [3.8, 4) is 11.8 Å². The first-order valence-corrected chi connectivity index (χ1v) is 5.77. The lowest BCUT2D eigenvalue weighted by Gasteiger charge is -2.09. The molecule has 5 nitrogen and oxygen atoms in total. The number of hydrogen-bond acceptors (Lipinski definition) is 5. The molecule has 1 aromatic carbocycles. The van der Waals surface area contributed by atoms with Crippen LogP contribution in [0.5, 0.6) is 5.75 Å². The Bertz CT molecular complexity index is 402. The van der Waals surface area contributed by atoms with Crippen molar-refractivity contribution in [1.29, 1.82) is 5.26 Å². The van der Waals surface area contributed by atoms with Crippen LogP contribution in [0.25, 0.3) is 0 Å². The van der Waals surface area contributed by atoms with E-state index >= 15 is 0 Å². The largest absolute Gasteiger partial charge is 0.489 e. The van der Waals surface area contributed by atoms with Gasteiger partial charge in [0.2, 0.25) is 0 Å². The van der Waals surface area contributed by atoms with E-state index in [-0.39, 0.29) is 0 Å². The van der Waals surface area contributed by atoms with E-state index in [0.717, 1.165) is 6.42 Å². The molecule has 0 saturated carbocycles. The molecule has 0 amide bonds. The predicted octanol–water partition coefficient (Wildman–Crippen LogP) is 1.57.